The second-order valence-electron chi connectivity index (χ2n) is 9.04. The molecule has 1 heterocycles. The molecule has 0 fully saturated rings. The first-order chi connectivity index (χ1) is 17.2. The normalized spacial score (nSPS) is 11.4. The lowest BCUT2D eigenvalue weighted by atomic mass is 10.0. The van der Waals surface area contributed by atoms with E-state index < -0.39 is 0 Å². The summed E-state index contributed by atoms with van der Waals surface area (Å²) in [6.45, 7) is 4.41. The lowest BCUT2D eigenvalue weighted by molar-refractivity contribution is -0.704. The van der Waals surface area contributed by atoms with Gasteiger partial charge in [-0.15, -0.1) is 0 Å². The van der Waals surface area contributed by atoms with Crippen molar-refractivity contribution >= 4 is 0 Å². The molecule has 0 N–H and O–H groups in total. The predicted octanol–water partition coefficient (Wildman–Crippen LogP) is 3.19. The molecule has 4 rings (SSSR count). The number of nitrogens with zero attached hydrogens (tertiary/aromatic N) is 3. The highest BCUT2D eigenvalue weighted by Gasteiger charge is 2.17. The van der Waals surface area contributed by atoms with E-state index in [1.165, 1.54) is 29.5 Å². The van der Waals surface area contributed by atoms with Crippen molar-refractivity contribution in [2.75, 3.05) is 0 Å². The van der Waals surface area contributed by atoms with Crippen LogP contribution in [0.15, 0.2) is 97.6 Å². The van der Waals surface area contributed by atoms with Gasteiger partial charge in [-0.2, -0.15) is 5.26 Å². The Morgan fingerprint density at radius 3 is 2.28 bits per heavy atom. The van der Waals surface area contributed by atoms with Gasteiger partial charge in [-0.3, -0.25) is 0 Å². The third kappa shape index (κ3) is 8.09. The van der Waals surface area contributed by atoms with E-state index >= 15 is 0 Å². The van der Waals surface area contributed by atoms with Crippen LogP contribution in [0.1, 0.15) is 53.7 Å². The van der Waals surface area contributed by atoms with Crippen molar-refractivity contribution in [3.63, 3.8) is 0 Å². The number of aryl methyl sites for hydroxylation is 3. The summed E-state index contributed by atoms with van der Waals surface area (Å²) in [4.78, 5) is 0. The van der Waals surface area contributed by atoms with Gasteiger partial charge in [-0.1, -0.05) is 80.1 Å². The topological polar surface area (TPSA) is 41.8 Å². The number of imidazole rings is 1. The molecular weight excluding hydrogens is 466 g/mol. The van der Waals surface area contributed by atoms with Crippen LogP contribution in [0.2, 0.25) is 0 Å². The van der Waals surface area contributed by atoms with Gasteiger partial charge in [0.25, 0.3) is 0 Å². The number of halogens is 1. The molecule has 4 nitrogen and oxygen atoms in total. The SMILES string of the molecule is CCCCc1ccc(C(C[n+]2ccn(CCc3ccccc3)c2)OCc2ccc(C#N)cc2)cc1.[Cl-]. The van der Waals surface area contributed by atoms with Crippen LogP contribution < -0.4 is 17.0 Å². The average Bonchev–Trinajstić information content (AvgIpc) is 3.37. The molecule has 0 saturated heterocycles. The Bertz CT molecular complexity index is 1210. The molecule has 0 bridgehead atoms. The van der Waals surface area contributed by atoms with E-state index in [9.17, 15) is 0 Å². The van der Waals surface area contributed by atoms with E-state index in [0.29, 0.717) is 12.2 Å². The van der Waals surface area contributed by atoms with Gasteiger partial charge < -0.3 is 17.1 Å². The smallest absolute Gasteiger partial charge is 0.243 e. The maximum absolute atomic E-state index is 9.05. The zero-order valence-corrected chi connectivity index (χ0v) is 21.6. The van der Waals surface area contributed by atoms with Crippen LogP contribution in [0.4, 0.5) is 0 Å². The Morgan fingerprint density at radius 2 is 1.58 bits per heavy atom. The molecule has 1 atom stereocenters. The lowest BCUT2D eigenvalue weighted by Gasteiger charge is -2.17. The molecule has 3 aromatic carbocycles. The van der Waals surface area contributed by atoms with Gasteiger partial charge in [0.1, 0.15) is 25.0 Å². The molecule has 36 heavy (non-hydrogen) atoms. The average molecular weight is 500 g/mol. The van der Waals surface area contributed by atoms with Crippen LogP contribution in [-0.2, 0) is 37.3 Å². The fourth-order valence-corrected chi connectivity index (χ4v) is 4.18. The number of nitriles is 1. The molecule has 0 aliphatic rings. The Morgan fingerprint density at radius 1 is 0.889 bits per heavy atom. The minimum absolute atomic E-state index is 0. The summed E-state index contributed by atoms with van der Waals surface area (Å²) < 4.78 is 10.9. The number of rotatable bonds is 12. The predicted molar refractivity (Wildman–Crippen MR) is 139 cm³/mol. The van der Waals surface area contributed by atoms with Crippen LogP contribution in [0, 0.1) is 11.3 Å². The molecule has 4 aromatic rings. The highest BCUT2D eigenvalue weighted by Crippen LogP contribution is 2.21. The molecule has 5 heteroatoms. The van der Waals surface area contributed by atoms with Crippen LogP contribution in [0.3, 0.4) is 0 Å². The second kappa shape index (κ2) is 14.2. The largest absolute Gasteiger partial charge is 1.00 e. The highest BCUT2D eigenvalue weighted by atomic mass is 35.5. The Hall–Kier alpha value is -3.39. The summed E-state index contributed by atoms with van der Waals surface area (Å²) in [6.07, 6.45) is 10.9. The Labute approximate surface area is 221 Å². The van der Waals surface area contributed by atoms with E-state index in [1.807, 2.05) is 24.3 Å². The molecule has 186 valence electrons. The second-order valence-corrected chi connectivity index (χ2v) is 9.04. The first-order valence-electron chi connectivity index (χ1n) is 12.5. The third-order valence-electron chi connectivity index (χ3n) is 6.33. The molecule has 1 unspecified atom stereocenters. The summed E-state index contributed by atoms with van der Waals surface area (Å²) in [7, 11) is 0. The summed E-state index contributed by atoms with van der Waals surface area (Å²) >= 11 is 0. The summed E-state index contributed by atoms with van der Waals surface area (Å²) in [5, 5.41) is 9.05. The number of aromatic nitrogens is 2. The first-order valence-corrected chi connectivity index (χ1v) is 12.5. The van der Waals surface area contributed by atoms with Gasteiger partial charge in [0.2, 0.25) is 6.33 Å². The van der Waals surface area contributed by atoms with E-state index in [4.69, 9.17) is 10.00 Å². The fraction of sp³-hybridized carbons (Fsp3) is 0.290. The highest BCUT2D eigenvalue weighted by molar-refractivity contribution is 5.31. The number of benzene rings is 3. The third-order valence-corrected chi connectivity index (χ3v) is 6.33. The minimum Gasteiger partial charge on any atom is -1.00 e. The van der Waals surface area contributed by atoms with Crippen molar-refractivity contribution in [3.8, 4) is 6.07 Å². The molecule has 1 aromatic heterocycles. The Balaban J connectivity index is 0.00000361. The van der Waals surface area contributed by atoms with Crippen molar-refractivity contribution in [1.29, 1.82) is 5.26 Å². The fourth-order valence-electron chi connectivity index (χ4n) is 4.18. The van der Waals surface area contributed by atoms with Crippen molar-refractivity contribution in [2.24, 2.45) is 0 Å². The van der Waals surface area contributed by atoms with Gasteiger partial charge in [0.05, 0.1) is 24.8 Å². The maximum atomic E-state index is 9.05. The van der Waals surface area contributed by atoms with E-state index in [0.717, 1.165) is 31.5 Å². The summed E-state index contributed by atoms with van der Waals surface area (Å²) in [6, 6.07) is 29.3. The zero-order chi connectivity index (χ0) is 24.3. The molecule has 0 radical (unpaired) electrons. The van der Waals surface area contributed by atoms with Crippen molar-refractivity contribution in [2.45, 2.75) is 58.4 Å². The summed E-state index contributed by atoms with van der Waals surface area (Å²) in [5.41, 5.74) is 5.64. The van der Waals surface area contributed by atoms with Crippen molar-refractivity contribution < 1.29 is 21.7 Å². The zero-order valence-electron chi connectivity index (χ0n) is 20.9. The van der Waals surface area contributed by atoms with Crippen molar-refractivity contribution in [1.82, 2.24) is 4.57 Å². The van der Waals surface area contributed by atoms with Crippen LogP contribution >= 0.6 is 0 Å². The molecule has 0 saturated carbocycles. The van der Waals surface area contributed by atoms with E-state index in [1.54, 1.807) is 0 Å². The maximum Gasteiger partial charge on any atom is 0.243 e. The number of hydrogen-bond acceptors (Lipinski definition) is 2. The van der Waals surface area contributed by atoms with Crippen LogP contribution in [0.25, 0.3) is 0 Å². The quantitative estimate of drug-likeness (QED) is 0.281. The van der Waals surface area contributed by atoms with Gasteiger partial charge in [-0.05, 0) is 47.2 Å². The molecule has 0 aliphatic carbocycles. The molecule has 0 amide bonds. The van der Waals surface area contributed by atoms with Gasteiger partial charge in [0.15, 0.2) is 0 Å². The van der Waals surface area contributed by atoms with E-state index in [-0.39, 0.29) is 18.5 Å². The standard InChI is InChI=1S/C31H34N3O.ClH/c1-2-3-7-27-14-16-30(17-15-27)31(35-24-29-12-10-28(22-32)11-13-29)23-34-21-20-33(25-34)19-18-26-8-5-4-6-9-26;/h4-6,8-17,20-21,25,31H,2-3,7,18-19,23-24H2,1H3;1H/q+1;/p-1. The van der Waals surface area contributed by atoms with Crippen molar-refractivity contribution in [3.05, 3.63) is 125 Å². The number of hydrogen-bond donors (Lipinski definition) is 0. The van der Waals surface area contributed by atoms with Gasteiger partial charge in [-0.25, -0.2) is 9.13 Å². The Kier molecular flexibility index (Phi) is 10.8. The lowest BCUT2D eigenvalue weighted by Crippen LogP contribution is -3.00. The van der Waals surface area contributed by atoms with Crippen LogP contribution in [-0.4, -0.2) is 4.57 Å². The minimum atomic E-state index is -0.0687. The number of unbranched alkanes of at least 4 members (excludes halogenated alkanes) is 1. The first kappa shape index (κ1) is 27.2. The monoisotopic (exact) mass is 499 g/mol. The van der Waals surface area contributed by atoms with Crippen LogP contribution in [0.5, 0.6) is 0 Å². The molecule has 0 aliphatic heterocycles. The van der Waals surface area contributed by atoms with E-state index in [2.05, 4.69) is 95.4 Å². The van der Waals surface area contributed by atoms with Gasteiger partial charge >= 0.3 is 0 Å². The molecule has 0 spiro atoms. The number of ether oxygens (including phenoxy) is 1. The molecular formula is C31H34ClN3O. The summed E-state index contributed by atoms with van der Waals surface area (Å²) in [5.74, 6) is 0. The van der Waals surface area contributed by atoms with Gasteiger partial charge in [0, 0.05) is 6.42 Å².